The molecule has 0 bridgehead atoms. The zero-order valence-electron chi connectivity index (χ0n) is 10.2. The number of nitrogens with zero attached hydrogens (tertiary/aromatic N) is 1. The Morgan fingerprint density at radius 1 is 1.22 bits per heavy atom. The Labute approximate surface area is 129 Å². The molecule has 0 amide bonds. The number of hydrogen-bond acceptors (Lipinski definition) is 1. The number of hydrogen-bond donors (Lipinski definition) is 1. The number of thioether (sulfide) groups is 1. The molecule has 4 heteroatoms. The average molecular weight is 372 g/mol. The van der Waals surface area contributed by atoms with Crippen LogP contribution in [-0.4, -0.2) is 28.2 Å². The molecule has 0 spiro atoms. The Hall–Kier alpha value is -0.490. The van der Waals surface area contributed by atoms with Gasteiger partial charge in [0, 0.05) is 35.7 Å². The Morgan fingerprint density at radius 3 is 2.83 bits per heavy atom. The molecule has 1 aromatic heterocycles. The smallest absolute Gasteiger partial charge is 0.198 e. The number of fused-ring (bicyclic) bond motifs is 1. The van der Waals surface area contributed by atoms with Gasteiger partial charge in [-0.3, -0.25) is 0 Å². The van der Waals surface area contributed by atoms with Crippen LogP contribution < -0.4 is 24.0 Å². The van der Waals surface area contributed by atoms with Gasteiger partial charge in [-0.05, 0) is 11.6 Å². The van der Waals surface area contributed by atoms with E-state index in [2.05, 4.69) is 45.6 Å². The predicted molar refractivity (Wildman–Crippen MR) is 74.9 cm³/mol. The number of nitrogens with one attached hydrogen (secondary N) is 1. The van der Waals surface area contributed by atoms with Gasteiger partial charge in [-0.15, -0.1) is 0 Å². The van der Waals surface area contributed by atoms with Crippen molar-refractivity contribution >= 4 is 28.2 Å². The fourth-order valence-corrected chi connectivity index (χ4v) is 3.25. The first-order valence-corrected chi connectivity index (χ1v) is 7.22. The highest BCUT2D eigenvalue weighted by Gasteiger charge is 2.12. The Morgan fingerprint density at radius 2 is 2.00 bits per heavy atom. The lowest BCUT2D eigenvalue weighted by molar-refractivity contribution is -0.498. The van der Waals surface area contributed by atoms with E-state index in [1.807, 2.05) is 11.8 Å². The second kappa shape index (κ2) is 6.61. The number of aromatic nitrogens is 1. The van der Waals surface area contributed by atoms with E-state index in [0.717, 1.165) is 5.75 Å². The summed E-state index contributed by atoms with van der Waals surface area (Å²) >= 11 is 1.90. The molecular formula is C14H17IN2S. The van der Waals surface area contributed by atoms with Crippen LogP contribution in [0.1, 0.15) is 18.4 Å². The van der Waals surface area contributed by atoms with E-state index in [0.29, 0.717) is 0 Å². The summed E-state index contributed by atoms with van der Waals surface area (Å²) in [5, 5.41) is 1.36. The highest BCUT2D eigenvalue weighted by Crippen LogP contribution is 2.21. The molecule has 1 aliphatic heterocycles. The molecule has 0 radical (unpaired) electrons. The lowest BCUT2D eigenvalue weighted by Gasteiger charge is -1.95. The lowest BCUT2D eigenvalue weighted by atomic mass is 10.2. The number of benzene rings is 1. The number of para-hydroxylation sites is 1. The molecule has 1 fully saturated rings. The Kier molecular flexibility index (Phi) is 5.12. The Balaban J connectivity index is 0.00000120. The first-order chi connectivity index (χ1) is 8.43. The monoisotopic (exact) mass is 372 g/mol. The largest absolute Gasteiger partial charge is 1.00 e. The van der Waals surface area contributed by atoms with Gasteiger partial charge in [-0.2, -0.15) is 0 Å². The topological polar surface area (TPSA) is 18.8 Å². The summed E-state index contributed by atoms with van der Waals surface area (Å²) in [5.41, 5.74) is 4.94. The second-order valence-electron chi connectivity index (χ2n) is 4.52. The van der Waals surface area contributed by atoms with Gasteiger partial charge in [-0.25, -0.2) is 4.58 Å². The maximum atomic E-state index is 3.33. The molecule has 1 aliphatic rings. The van der Waals surface area contributed by atoms with Crippen molar-refractivity contribution in [3.05, 3.63) is 36.0 Å². The predicted octanol–water partition coefficient (Wildman–Crippen LogP) is 0.240. The van der Waals surface area contributed by atoms with E-state index in [-0.39, 0.29) is 24.0 Å². The van der Waals surface area contributed by atoms with Gasteiger partial charge < -0.3 is 29.0 Å². The molecule has 0 unspecified atom stereocenters. The molecule has 1 saturated heterocycles. The van der Waals surface area contributed by atoms with Crippen LogP contribution in [0, 0.1) is 0 Å². The van der Waals surface area contributed by atoms with Crippen LogP contribution in [0.15, 0.2) is 30.5 Å². The van der Waals surface area contributed by atoms with Gasteiger partial charge in [-0.1, -0.05) is 30.0 Å². The molecule has 2 nitrogen and oxygen atoms in total. The number of aromatic amines is 1. The molecule has 1 N–H and O–H groups in total. The fourth-order valence-electron chi connectivity index (χ4n) is 2.33. The maximum Gasteiger partial charge on any atom is 0.198 e. The second-order valence-corrected chi connectivity index (χ2v) is 5.35. The SMILES string of the molecule is C(SCc1c[nH]c2ccccc12)=[N+]1CCCC1.[I-]. The summed E-state index contributed by atoms with van der Waals surface area (Å²) in [6.45, 7) is 2.47. The van der Waals surface area contributed by atoms with Crippen molar-refractivity contribution in [3.8, 4) is 0 Å². The zero-order chi connectivity index (χ0) is 11.5. The molecule has 0 saturated carbocycles. The minimum absolute atomic E-state index is 0. The van der Waals surface area contributed by atoms with Crippen molar-refractivity contribution in [3.63, 3.8) is 0 Å². The standard InChI is InChI=1S/C14H17N2S.HI/c1-2-6-14-13(5-1)12(9-15-14)10-17-11-16-7-3-4-8-16;/h1-2,5-6,9,11,15H,3-4,7-8,10H2;1H/q+1;/p-1. The zero-order valence-corrected chi connectivity index (χ0v) is 13.2. The van der Waals surface area contributed by atoms with Crippen molar-refractivity contribution in [1.29, 1.82) is 0 Å². The Bertz CT molecular complexity index is 539. The van der Waals surface area contributed by atoms with E-state index in [9.17, 15) is 0 Å². The van der Waals surface area contributed by atoms with Crippen LogP contribution in [0.2, 0.25) is 0 Å². The molecule has 3 rings (SSSR count). The van der Waals surface area contributed by atoms with Crippen molar-refractivity contribution in [2.24, 2.45) is 0 Å². The summed E-state index contributed by atoms with van der Waals surface area (Å²) in [5.74, 6) is 1.06. The summed E-state index contributed by atoms with van der Waals surface area (Å²) in [6, 6.07) is 8.51. The quantitative estimate of drug-likeness (QED) is 0.465. The molecule has 96 valence electrons. The van der Waals surface area contributed by atoms with Crippen LogP contribution in [0.3, 0.4) is 0 Å². The average Bonchev–Trinajstić information content (AvgIpc) is 2.99. The fraction of sp³-hybridized carbons (Fsp3) is 0.357. The summed E-state index contributed by atoms with van der Waals surface area (Å²) in [7, 11) is 0. The van der Waals surface area contributed by atoms with Crippen molar-refractivity contribution < 1.29 is 28.6 Å². The molecule has 2 heterocycles. The van der Waals surface area contributed by atoms with E-state index < -0.39 is 0 Å². The van der Waals surface area contributed by atoms with Crippen molar-refractivity contribution in [2.75, 3.05) is 13.1 Å². The third-order valence-electron chi connectivity index (χ3n) is 3.28. The van der Waals surface area contributed by atoms with Gasteiger partial charge in [0.15, 0.2) is 5.55 Å². The van der Waals surface area contributed by atoms with Gasteiger partial charge in [0.2, 0.25) is 0 Å². The van der Waals surface area contributed by atoms with Gasteiger partial charge in [0.05, 0.1) is 0 Å². The maximum absolute atomic E-state index is 3.33. The van der Waals surface area contributed by atoms with Crippen LogP contribution in [0.4, 0.5) is 0 Å². The minimum atomic E-state index is 0. The van der Waals surface area contributed by atoms with Gasteiger partial charge >= 0.3 is 0 Å². The summed E-state index contributed by atoms with van der Waals surface area (Å²) in [4.78, 5) is 3.33. The first-order valence-electron chi connectivity index (χ1n) is 6.17. The molecule has 1 aromatic carbocycles. The van der Waals surface area contributed by atoms with E-state index in [1.165, 1.54) is 42.4 Å². The summed E-state index contributed by atoms with van der Waals surface area (Å²) < 4.78 is 2.43. The van der Waals surface area contributed by atoms with Crippen molar-refractivity contribution in [2.45, 2.75) is 18.6 Å². The molecule has 0 atom stereocenters. The first kappa shape index (κ1) is 13.9. The highest BCUT2D eigenvalue weighted by molar-refractivity contribution is 8.11. The van der Waals surface area contributed by atoms with Gasteiger partial charge in [0.1, 0.15) is 13.1 Å². The van der Waals surface area contributed by atoms with Crippen molar-refractivity contribution in [1.82, 2.24) is 4.98 Å². The number of halogens is 1. The van der Waals surface area contributed by atoms with E-state index in [1.54, 1.807) is 0 Å². The molecule has 0 aliphatic carbocycles. The lowest BCUT2D eigenvalue weighted by Crippen LogP contribution is -3.00. The summed E-state index contributed by atoms with van der Waals surface area (Å²) in [6.07, 6.45) is 4.84. The molecule has 2 aromatic rings. The third-order valence-corrected chi connectivity index (χ3v) is 4.20. The molecular weight excluding hydrogens is 355 g/mol. The van der Waals surface area contributed by atoms with Crippen LogP contribution in [-0.2, 0) is 5.75 Å². The number of H-pyrrole nitrogens is 1. The van der Waals surface area contributed by atoms with Crippen LogP contribution >= 0.6 is 11.8 Å². The molecule has 18 heavy (non-hydrogen) atoms. The number of rotatable bonds is 3. The normalized spacial score (nSPS) is 14.8. The minimum Gasteiger partial charge on any atom is -1.00 e. The van der Waals surface area contributed by atoms with Crippen LogP contribution in [0.5, 0.6) is 0 Å². The van der Waals surface area contributed by atoms with E-state index in [4.69, 9.17) is 0 Å². The van der Waals surface area contributed by atoms with E-state index >= 15 is 0 Å². The van der Waals surface area contributed by atoms with Crippen LogP contribution in [0.25, 0.3) is 10.9 Å². The highest BCUT2D eigenvalue weighted by atomic mass is 127. The third kappa shape index (κ3) is 3.09. The van der Waals surface area contributed by atoms with Gasteiger partial charge in [0.25, 0.3) is 0 Å².